The van der Waals surface area contributed by atoms with Gasteiger partial charge in [0.25, 0.3) is 0 Å². The Morgan fingerprint density at radius 1 is 1.25 bits per heavy atom. The number of carbonyl (C=O) groups is 1. The van der Waals surface area contributed by atoms with Gasteiger partial charge in [0, 0.05) is 32.7 Å². The zero-order valence-corrected chi connectivity index (χ0v) is 12.6. The molecule has 0 aromatic carbocycles. The lowest BCUT2D eigenvalue weighted by Crippen LogP contribution is -2.50. The molecular formula is C15H28N2O3. The van der Waals surface area contributed by atoms with Crippen molar-refractivity contribution in [3.8, 4) is 0 Å². The third kappa shape index (κ3) is 4.63. The van der Waals surface area contributed by atoms with E-state index in [0.717, 1.165) is 32.0 Å². The van der Waals surface area contributed by atoms with Gasteiger partial charge in [-0.3, -0.25) is 4.90 Å². The van der Waals surface area contributed by atoms with E-state index in [1.165, 1.54) is 25.7 Å². The van der Waals surface area contributed by atoms with Crippen LogP contribution >= 0.6 is 0 Å². The summed E-state index contributed by atoms with van der Waals surface area (Å²) in [7, 11) is 0. The summed E-state index contributed by atoms with van der Waals surface area (Å²) in [5, 5.41) is 10.2. The van der Waals surface area contributed by atoms with E-state index in [-0.39, 0.29) is 12.2 Å². The van der Waals surface area contributed by atoms with Crippen LogP contribution in [0, 0.1) is 5.92 Å². The fourth-order valence-corrected chi connectivity index (χ4v) is 3.33. The molecule has 1 aliphatic heterocycles. The maximum Gasteiger partial charge on any atom is 0.409 e. The van der Waals surface area contributed by atoms with Crippen molar-refractivity contribution in [3.05, 3.63) is 0 Å². The highest BCUT2D eigenvalue weighted by atomic mass is 16.6. The second-order valence-electron chi connectivity index (χ2n) is 6.03. The van der Waals surface area contributed by atoms with E-state index in [9.17, 15) is 9.90 Å². The number of hydrogen-bond donors (Lipinski definition) is 1. The second-order valence-corrected chi connectivity index (χ2v) is 6.03. The van der Waals surface area contributed by atoms with Crippen molar-refractivity contribution in [2.45, 2.75) is 45.1 Å². The highest BCUT2D eigenvalue weighted by molar-refractivity contribution is 5.67. The Morgan fingerprint density at radius 2 is 1.90 bits per heavy atom. The minimum atomic E-state index is -0.216. The van der Waals surface area contributed by atoms with Gasteiger partial charge in [0.1, 0.15) is 0 Å². The van der Waals surface area contributed by atoms with Gasteiger partial charge in [-0.25, -0.2) is 4.79 Å². The Kier molecular flexibility index (Phi) is 6.10. The van der Waals surface area contributed by atoms with Crippen molar-refractivity contribution in [2.24, 2.45) is 5.92 Å². The standard InChI is InChI=1S/C15H28N2O3/c1-2-20-15(19)17-9-7-16(8-10-17)12-14(18)11-13-5-3-4-6-13/h13-14,18H,2-12H2,1H3. The first-order valence-corrected chi connectivity index (χ1v) is 8.01. The minimum absolute atomic E-state index is 0.210. The van der Waals surface area contributed by atoms with E-state index in [4.69, 9.17) is 4.74 Å². The SMILES string of the molecule is CCOC(=O)N1CCN(CC(O)CC2CCCC2)CC1. The number of rotatable bonds is 5. The third-order valence-corrected chi connectivity index (χ3v) is 4.45. The van der Waals surface area contributed by atoms with Crippen LogP contribution in [0.15, 0.2) is 0 Å². The van der Waals surface area contributed by atoms with Crippen molar-refractivity contribution in [1.82, 2.24) is 9.80 Å². The van der Waals surface area contributed by atoms with Gasteiger partial charge >= 0.3 is 6.09 Å². The molecule has 1 saturated carbocycles. The van der Waals surface area contributed by atoms with Crippen LogP contribution in [0.2, 0.25) is 0 Å². The molecule has 0 spiro atoms. The Balaban J connectivity index is 1.64. The number of aliphatic hydroxyl groups is 1. The molecule has 1 heterocycles. The summed E-state index contributed by atoms with van der Waals surface area (Å²) in [6.45, 7) is 6.07. The minimum Gasteiger partial charge on any atom is -0.450 e. The van der Waals surface area contributed by atoms with E-state index < -0.39 is 0 Å². The topological polar surface area (TPSA) is 53.0 Å². The first-order chi connectivity index (χ1) is 9.69. The Bertz CT molecular complexity index is 297. The fraction of sp³-hybridized carbons (Fsp3) is 0.933. The zero-order valence-electron chi connectivity index (χ0n) is 12.6. The molecular weight excluding hydrogens is 256 g/mol. The summed E-state index contributed by atoms with van der Waals surface area (Å²) < 4.78 is 5.01. The van der Waals surface area contributed by atoms with Crippen molar-refractivity contribution >= 4 is 6.09 Å². The lowest BCUT2D eigenvalue weighted by Gasteiger charge is -2.35. The highest BCUT2D eigenvalue weighted by Crippen LogP contribution is 2.28. The predicted molar refractivity (Wildman–Crippen MR) is 77.6 cm³/mol. The summed E-state index contributed by atoms with van der Waals surface area (Å²) in [4.78, 5) is 15.6. The van der Waals surface area contributed by atoms with Gasteiger partial charge in [-0.1, -0.05) is 25.7 Å². The average molecular weight is 284 g/mol. The molecule has 1 aliphatic carbocycles. The van der Waals surface area contributed by atoms with E-state index >= 15 is 0 Å². The molecule has 5 heteroatoms. The van der Waals surface area contributed by atoms with Gasteiger partial charge < -0.3 is 14.7 Å². The third-order valence-electron chi connectivity index (χ3n) is 4.45. The number of nitrogens with zero attached hydrogens (tertiary/aromatic N) is 2. The number of β-amino-alcohol motifs (C(OH)–C–C–N with tert-alkyl or cyclic N) is 1. The van der Waals surface area contributed by atoms with Gasteiger partial charge in [0.15, 0.2) is 0 Å². The highest BCUT2D eigenvalue weighted by Gasteiger charge is 2.25. The van der Waals surface area contributed by atoms with Crippen LogP contribution in [-0.4, -0.2) is 66.4 Å². The van der Waals surface area contributed by atoms with E-state index in [2.05, 4.69) is 4.90 Å². The molecule has 20 heavy (non-hydrogen) atoms. The molecule has 0 radical (unpaired) electrons. The molecule has 2 rings (SSSR count). The van der Waals surface area contributed by atoms with Crippen LogP contribution in [0.5, 0.6) is 0 Å². The van der Waals surface area contributed by atoms with Crippen LogP contribution in [-0.2, 0) is 4.74 Å². The largest absolute Gasteiger partial charge is 0.450 e. The van der Waals surface area contributed by atoms with Gasteiger partial charge in [-0.15, -0.1) is 0 Å². The van der Waals surface area contributed by atoms with E-state index in [1.54, 1.807) is 4.90 Å². The monoisotopic (exact) mass is 284 g/mol. The number of amides is 1. The van der Waals surface area contributed by atoms with Crippen molar-refractivity contribution < 1.29 is 14.6 Å². The average Bonchev–Trinajstić information content (AvgIpc) is 2.92. The second kappa shape index (κ2) is 7.84. The summed E-state index contributed by atoms with van der Waals surface area (Å²) in [6.07, 6.45) is 5.75. The summed E-state index contributed by atoms with van der Waals surface area (Å²) in [5.41, 5.74) is 0. The number of piperazine rings is 1. The molecule has 1 atom stereocenters. The molecule has 2 aliphatic rings. The maximum atomic E-state index is 11.6. The maximum absolute atomic E-state index is 11.6. The van der Waals surface area contributed by atoms with Gasteiger partial charge in [-0.05, 0) is 19.3 Å². The number of hydrogen-bond acceptors (Lipinski definition) is 4. The number of ether oxygens (including phenoxy) is 1. The molecule has 0 aromatic heterocycles. The molecule has 2 fully saturated rings. The molecule has 0 bridgehead atoms. The molecule has 116 valence electrons. The van der Waals surface area contributed by atoms with Crippen LogP contribution in [0.1, 0.15) is 39.0 Å². The lowest BCUT2D eigenvalue weighted by atomic mass is 10.00. The quantitative estimate of drug-likeness (QED) is 0.835. The van der Waals surface area contributed by atoms with Crippen LogP contribution in [0.3, 0.4) is 0 Å². The summed E-state index contributed by atoms with van der Waals surface area (Å²) in [6, 6.07) is 0. The summed E-state index contributed by atoms with van der Waals surface area (Å²) >= 11 is 0. The first-order valence-electron chi connectivity index (χ1n) is 8.01. The van der Waals surface area contributed by atoms with Crippen molar-refractivity contribution in [3.63, 3.8) is 0 Å². The van der Waals surface area contributed by atoms with Crippen LogP contribution in [0.25, 0.3) is 0 Å². The Labute approximate surface area is 121 Å². The molecule has 5 nitrogen and oxygen atoms in total. The fourth-order valence-electron chi connectivity index (χ4n) is 3.33. The van der Waals surface area contributed by atoms with Crippen LogP contribution in [0.4, 0.5) is 4.79 Å². The van der Waals surface area contributed by atoms with Crippen molar-refractivity contribution in [2.75, 3.05) is 39.3 Å². The summed E-state index contributed by atoms with van der Waals surface area (Å²) in [5.74, 6) is 0.728. The van der Waals surface area contributed by atoms with Crippen molar-refractivity contribution in [1.29, 1.82) is 0 Å². The predicted octanol–water partition coefficient (Wildman–Crippen LogP) is 1.70. The Morgan fingerprint density at radius 3 is 2.50 bits per heavy atom. The zero-order chi connectivity index (χ0) is 14.4. The molecule has 1 amide bonds. The van der Waals surface area contributed by atoms with Gasteiger partial charge in [-0.2, -0.15) is 0 Å². The van der Waals surface area contributed by atoms with E-state index in [0.29, 0.717) is 19.7 Å². The first kappa shape index (κ1) is 15.6. The van der Waals surface area contributed by atoms with Gasteiger partial charge in [0.05, 0.1) is 12.7 Å². The molecule has 1 saturated heterocycles. The molecule has 0 aromatic rings. The molecule has 1 unspecified atom stereocenters. The number of aliphatic hydroxyl groups excluding tert-OH is 1. The van der Waals surface area contributed by atoms with Gasteiger partial charge in [0.2, 0.25) is 0 Å². The smallest absolute Gasteiger partial charge is 0.409 e. The molecule has 1 N–H and O–H groups in total. The van der Waals surface area contributed by atoms with Crippen LogP contribution < -0.4 is 0 Å². The Hall–Kier alpha value is -0.810. The number of carbonyl (C=O) groups excluding carboxylic acids is 1. The van der Waals surface area contributed by atoms with E-state index in [1.807, 2.05) is 6.92 Å². The lowest BCUT2D eigenvalue weighted by molar-refractivity contribution is 0.0509. The normalized spacial score (nSPS) is 23.0.